The molecule has 1 atom stereocenters. The lowest BCUT2D eigenvalue weighted by atomic mass is 9.91. The fraction of sp³-hybridized carbons (Fsp3) is 0.647. The van der Waals surface area contributed by atoms with Crippen molar-refractivity contribution in [2.24, 2.45) is 0 Å². The molecular weight excluding hydrogens is 387 g/mol. The zero-order valence-electron chi connectivity index (χ0n) is 15.3. The molecule has 1 unspecified atom stereocenters. The van der Waals surface area contributed by atoms with Crippen LogP contribution in [-0.4, -0.2) is 30.5 Å². The molecule has 1 aromatic rings. The van der Waals surface area contributed by atoms with Crippen LogP contribution in [0.25, 0.3) is 0 Å². The van der Waals surface area contributed by atoms with E-state index in [1.165, 1.54) is 12.3 Å². The van der Waals surface area contributed by atoms with E-state index in [2.05, 4.69) is 9.17 Å². The molecule has 0 aromatic carbocycles. The van der Waals surface area contributed by atoms with Gasteiger partial charge >= 0.3 is 21.6 Å². The SMILES string of the molecule is CC(C)(C)OC(=O)CC1CCCCc2cc(OS(=O)(=O)C(F)(F)F)ncc21. The highest BCUT2D eigenvalue weighted by Gasteiger charge is 2.49. The van der Waals surface area contributed by atoms with Gasteiger partial charge in [-0.3, -0.25) is 4.79 Å². The lowest BCUT2D eigenvalue weighted by molar-refractivity contribution is -0.155. The first-order valence-corrected chi connectivity index (χ1v) is 9.91. The summed E-state index contributed by atoms with van der Waals surface area (Å²) in [5, 5.41) is 0. The van der Waals surface area contributed by atoms with Crippen molar-refractivity contribution in [1.29, 1.82) is 0 Å². The van der Waals surface area contributed by atoms with Crippen molar-refractivity contribution in [1.82, 2.24) is 4.98 Å². The van der Waals surface area contributed by atoms with Gasteiger partial charge < -0.3 is 8.92 Å². The molecule has 0 bridgehead atoms. The molecule has 1 aromatic heterocycles. The second kappa shape index (κ2) is 7.65. The van der Waals surface area contributed by atoms with Crippen LogP contribution in [0.15, 0.2) is 12.3 Å². The molecule has 1 heterocycles. The second-order valence-corrected chi connectivity index (χ2v) is 8.98. The lowest BCUT2D eigenvalue weighted by Gasteiger charge is -2.22. The van der Waals surface area contributed by atoms with Crippen LogP contribution in [0.2, 0.25) is 0 Å². The summed E-state index contributed by atoms with van der Waals surface area (Å²) < 4.78 is 69.2. The number of carbonyl (C=O) groups excluding carboxylic acids is 1. The summed E-state index contributed by atoms with van der Waals surface area (Å²) in [7, 11) is -5.78. The zero-order chi connectivity index (χ0) is 20.5. The van der Waals surface area contributed by atoms with Crippen molar-refractivity contribution < 1.29 is 35.3 Å². The third kappa shape index (κ3) is 5.82. The number of halogens is 3. The van der Waals surface area contributed by atoms with Crippen LogP contribution >= 0.6 is 0 Å². The number of carbonyl (C=O) groups is 1. The van der Waals surface area contributed by atoms with Crippen LogP contribution in [-0.2, 0) is 26.1 Å². The van der Waals surface area contributed by atoms with Crippen LogP contribution in [0.5, 0.6) is 5.88 Å². The van der Waals surface area contributed by atoms with E-state index >= 15 is 0 Å². The number of hydrogen-bond acceptors (Lipinski definition) is 6. The van der Waals surface area contributed by atoms with E-state index in [1.54, 1.807) is 20.8 Å². The van der Waals surface area contributed by atoms with E-state index in [-0.39, 0.29) is 18.3 Å². The molecular formula is C17H22F3NO5S. The predicted octanol–water partition coefficient (Wildman–Crippen LogP) is 3.85. The van der Waals surface area contributed by atoms with Crippen LogP contribution in [0.1, 0.15) is 63.5 Å². The molecule has 0 amide bonds. The van der Waals surface area contributed by atoms with E-state index in [0.717, 1.165) is 12.8 Å². The summed E-state index contributed by atoms with van der Waals surface area (Å²) in [5.41, 5.74) is -4.81. The summed E-state index contributed by atoms with van der Waals surface area (Å²) in [5.74, 6) is -1.21. The number of ether oxygens (including phenoxy) is 1. The van der Waals surface area contributed by atoms with Crippen LogP contribution < -0.4 is 4.18 Å². The van der Waals surface area contributed by atoms with E-state index in [1.807, 2.05) is 0 Å². The Morgan fingerprint density at radius 2 is 1.93 bits per heavy atom. The molecule has 1 aliphatic carbocycles. The minimum absolute atomic E-state index is 0.118. The fourth-order valence-corrected chi connectivity index (χ4v) is 3.34. The number of aromatic nitrogens is 1. The van der Waals surface area contributed by atoms with Gasteiger partial charge in [-0.1, -0.05) is 6.42 Å². The molecule has 2 rings (SSSR count). The first-order chi connectivity index (χ1) is 12.3. The number of rotatable bonds is 4. The standard InChI is InChI=1S/C17H22F3NO5S/c1-16(2,3)25-15(22)9-12-7-5-4-6-11-8-14(21-10-13(11)12)26-27(23,24)17(18,19)20/h8,10,12H,4-7,9H2,1-3H3. The Hall–Kier alpha value is -1.84. The van der Waals surface area contributed by atoms with Crippen LogP contribution in [0.4, 0.5) is 13.2 Å². The first kappa shape index (κ1) is 21.5. The highest BCUT2D eigenvalue weighted by atomic mass is 32.2. The van der Waals surface area contributed by atoms with Crippen LogP contribution in [0.3, 0.4) is 0 Å². The Bertz CT molecular complexity index is 800. The van der Waals surface area contributed by atoms with E-state index < -0.39 is 27.1 Å². The van der Waals surface area contributed by atoms with Gasteiger partial charge in [0, 0.05) is 12.3 Å². The molecule has 27 heavy (non-hydrogen) atoms. The highest BCUT2D eigenvalue weighted by Crippen LogP contribution is 2.35. The lowest BCUT2D eigenvalue weighted by Crippen LogP contribution is -2.28. The predicted molar refractivity (Wildman–Crippen MR) is 90.6 cm³/mol. The van der Waals surface area contributed by atoms with Gasteiger partial charge in [-0.05, 0) is 57.1 Å². The summed E-state index contributed by atoms with van der Waals surface area (Å²) in [4.78, 5) is 15.9. The highest BCUT2D eigenvalue weighted by molar-refractivity contribution is 7.87. The van der Waals surface area contributed by atoms with Gasteiger partial charge in [-0.25, -0.2) is 4.98 Å². The number of nitrogens with zero attached hydrogens (tertiary/aromatic N) is 1. The third-order valence-corrected chi connectivity index (χ3v) is 4.96. The molecule has 0 N–H and O–H groups in total. The Labute approximate surface area is 156 Å². The zero-order valence-corrected chi connectivity index (χ0v) is 16.1. The molecule has 0 fully saturated rings. The Kier molecular flexibility index (Phi) is 6.08. The fourth-order valence-electron chi connectivity index (χ4n) is 2.93. The van der Waals surface area contributed by atoms with Crippen molar-refractivity contribution in [2.75, 3.05) is 0 Å². The number of esters is 1. The summed E-state index contributed by atoms with van der Waals surface area (Å²) in [6, 6.07) is 1.20. The normalized spacial score (nSPS) is 18.4. The largest absolute Gasteiger partial charge is 0.534 e. The van der Waals surface area contributed by atoms with E-state index in [4.69, 9.17) is 4.74 Å². The van der Waals surface area contributed by atoms with E-state index in [0.29, 0.717) is 24.0 Å². The van der Waals surface area contributed by atoms with Gasteiger partial charge in [0.05, 0.1) is 6.42 Å². The Morgan fingerprint density at radius 3 is 2.52 bits per heavy atom. The Morgan fingerprint density at radius 1 is 1.26 bits per heavy atom. The van der Waals surface area contributed by atoms with Crippen LogP contribution in [0, 0.1) is 0 Å². The topological polar surface area (TPSA) is 82.6 Å². The number of aryl methyl sites for hydroxylation is 1. The molecule has 1 aliphatic rings. The maximum absolute atomic E-state index is 12.5. The number of fused-ring (bicyclic) bond motifs is 1. The average molecular weight is 409 g/mol. The van der Waals surface area contributed by atoms with Gasteiger partial charge in [0.2, 0.25) is 5.88 Å². The van der Waals surface area contributed by atoms with Gasteiger partial charge in [0.15, 0.2) is 0 Å². The van der Waals surface area contributed by atoms with Crippen molar-refractivity contribution in [3.05, 3.63) is 23.4 Å². The molecule has 0 spiro atoms. The number of pyridine rings is 1. The Balaban J connectivity index is 2.23. The third-order valence-electron chi connectivity index (χ3n) is 4.00. The minimum atomic E-state index is -5.78. The first-order valence-electron chi connectivity index (χ1n) is 8.50. The summed E-state index contributed by atoms with van der Waals surface area (Å²) >= 11 is 0. The van der Waals surface area contributed by atoms with Gasteiger partial charge in [-0.2, -0.15) is 21.6 Å². The van der Waals surface area contributed by atoms with Gasteiger partial charge in [-0.15, -0.1) is 0 Å². The summed E-state index contributed by atoms with van der Waals surface area (Å²) in [6.45, 7) is 5.29. The maximum Gasteiger partial charge on any atom is 0.534 e. The average Bonchev–Trinajstić information content (AvgIpc) is 2.66. The summed E-state index contributed by atoms with van der Waals surface area (Å²) in [6.07, 6.45) is 4.22. The molecule has 0 saturated carbocycles. The van der Waals surface area contributed by atoms with E-state index in [9.17, 15) is 26.4 Å². The molecule has 0 radical (unpaired) electrons. The van der Waals surface area contributed by atoms with Gasteiger partial charge in [0.25, 0.3) is 0 Å². The quantitative estimate of drug-likeness (QED) is 0.325. The number of hydrogen-bond donors (Lipinski definition) is 0. The maximum atomic E-state index is 12.5. The van der Waals surface area contributed by atoms with Crippen molar-refractivity contribution >= 4 is 16.1 Å². The monoisotopic (exact) mass is 409 g/mol. The van der Waals surface area contributed by atoms with Crippen molar-refractivity contribution in [3.8, 4) is 5.88 Å². The molecule has 6 nitrogen and oxygen atoms in total. The van der Waals surface area contributed by atoms with Crippen molar-refractivity contribution in [3.63, 3.8) is 0 Å². The second-order valence-electron chi connectivity index (χ2n) is 7.44. The molecule has 0 aliphatic heterocycles. The number of alkyl halides is 3. The molecule has 0 saturated heterocycles. The molecule has 10 heteroatoms. The smallest absolute Gasteiger partial charge is 0.460 e. The molecule has 152 valence electrons. The van der Waals surface area contributed by atoms with Crippen molar-refractivity contribution in [2.45, 2.75) is 69.9 Å². The minimum Gasteiger partial charge on any atom is -0.460 e. The van der Waals surface area contributed by atoms with Gasteiger partial charge in [0.1, 0.15) is 5.60 Å².